The molecule has 2 rings (SSSR count). The van der Waals surface area contributed by atoms with Crippen molar-refractivity contribution in [1.29, 1.82) is 0 Å². The van der Waals surface area contributed by atoms with Crippen LogP contribution in [-0.2, 0) is 4.79 Å². The van der Waals surface area contributed by atoms with E-state index < -0.39 is 12.1 Å². The van der Waals surface area contributed by atoms with E-state index in [9.17, 15) is 10.0 Å². The van der Waals surface area contributed by atoms with Crippen LogP contribution in [0, 0.1) is 5.41 Å². The molecule has 0 aromatic carbocycles. The van der Waals surface area contributed by atoms with Crippen LogP contribution in [0.25, 0.3) is 0 Å². The number of nitrogens with one attached hydrogen (secondary N) is 1. The summed E-state index contributed by atoms with van der Waals surface area (Å²) in [5, 5.41) is 14.2. The summed E-state index contributed by atoms with van der Waals surface area (Å²) in [6, 6.07) is 0. The minimum Gasteiger partial charge on any atom is -0.367 e. The molecule has 1 aliphatic carbocycles. The molecule has 5 nitrogen and oxygen atoms in total. The zero-order chi connectivity index (χ0) is 12.6. The summed E-state index contributed by atoms with van der Waals surface area (Å²) in [5.74, 6) is -0.565. The van der Waals surface area contributed by atoms with Gasteiger partial charge < -0.3 is 10.9 Å². The molecule has 0 radical (unpaired) electrons. The van der Waals surface area contributed by atoms with Gasteiger partial charge in [-0.05, 0) is 12.8 Å². The second-order valence-electron chi connectivity index (χ2n) is 4.98. The SMILES string of the molecule is NC(=O)C1NCC2(CN1O)C(S)CCCC2S. The summed E-state index contributed by atoms with van der Waals surface area (Å²) in [7, 11) is 0. The van der Waals surface area contributed by atoms with Gasteiger partial charge in [0, 0.05) is 29.0 Å². The van der Waals surface area contributed by atoms with Crippen LogP contribution in [-0.4, -0.2) is 45.9 Å². The van der Waals surface area contributed by atoms with Crippen LogP contribution in [0.4, 0.5) is 0 Å². The first-order valence-electron chi connectivity index (χ1n) is 5.82. The molecule has 0 aromatic heterocycles. The minimum absolute atomic E-state index is 0.176. The van der Waals surface area contributed by atoms with Crippen molar-refractivity contribution in [3.8, 4) is 0 Å². The Bertz CT molecular complexity index is 306. The molecule has 7 heteroatoms. The van der Waals surface area contributed by atoms with Crippen molar-refractivity contribution in [3.63, 3.8) is 0 Å². The van der Waals surface area contributed by atoms with E-state index in [1.165, 1.54) is 0 Å². The van der Waals surface area contributed by atoms with E-state index >= 15 is 0 Å². The molecular formula is C10H19N3O2S2. The molecule has 1 heterocycles. The van der Waals surface area contributed by atoms with Gasteiger partial charge in [0.05, 0.1) is 0 Å². The van der Waals surface area contributed by atoms with Crippen molar-refractivity contribution in [1.82, 2.24) is 10.4 Å². The molecule has 0 aromatic rings. The lowest BCUT2D eigenvalue weighted by Gasteiger charge is -2.52. The Kier molecular flexibility index (Phi) is 3.94. The Balaban J connectivity index is 2.15. The normalized spacial score (nSPS) is 43.8. The number of amides is 1. The van der Waals surface area contributed by atoms with E-state index in [0.717, 1.165) is 24.3 Å². The Labute approximate surface area is 112 Å². The molecule has 17 heavy (non-hydrogen) atoms. The Hall–Kier alpha value is 0.0500. The summed E-state index contributed by atoms with van der Waals surface area (Å²) in [6.07, 6.45) is 2.33. The molecule has 4 N–H and O–H groups in total. The maximum absolute atomic E-state index is 11.1. The second-order valence-corrected chi connectivity index (χ2v) is 6.23. The highest BCUT2D eigenvalue weighted by Gasteiger charge is 2.50. The monoisotopic (exact) mass is 277 g/mol. The van der Waals surface area contributed by atoms with E-state index in [4.69, 9.17) is 5.73 Å². The van der Waals surface area contributed by atoms with E-state index in [1.807, 2.05) is 0 Å². The molecule has 3 atom stereocenters. The lowest BCUT2D eigenvalue weighted by molar-refractivity contribution is -0.186. The third-order valence-electron chi connectivity index (χ3n) is 3.93. The van der Waals surface area contributed by atoms with Gasteiger partial charge in [0.2, 0.25) is 0 Å². The zero-order valence-electron chi connectivity index (χ0n) is 9.54. The summed E-state index contributed by atoms with van der Waals surface area (Å²) < 4.78 is 0. The molecular weight excluding hydrogens is 258 g/mol. The second kappa shape index (κ2) is 4.97. The third kappa shape index (κ3) is 2.31. The van der Waals surface area contributed by atoms with Crippen LogP contribution < -0.4 is 11.1 Å². The van der Waals surface area contributed by atoms with Gasteiger partial charge in [-0.15, -0.1) is 0 Å². The van der Waals surface area contributed by atoms with Gasteiger partial charge >= 0.3 is 0 Å². The molecule has 2 fully saturated rings. The van der Waals surface area contributed by atoms with Crippen molar-refractivity contribution >= 4 is 31.2 Å². The van der Waals surface area contributed by atoms with Gasteiger partial charge in [0.1, 0.15) is 0 Å². The fraction of sp³-hybridized carbons (Fsp3) is 0.900. The molecule has 1 saturated carbocycles. The number of nitrogens with zero attached hydrogens (tertiary/aromatic N) is 1. The topological polar surface area (TPSA) is 78.6 Å². The molecule has 1 amide bonds. The van der Waals surface area contributed by atoms with Crippen molar-refractivity contribution in [2.24, 2.45) is 11.1 Å². The Morgan fingerprint density at radius 3 is 2.47 bits per heavy atom. The Morgan fingerprint density at radius 2 is 2.00 bits per heavy atom. The smallest absolute Gasteiger partial charge is 0.251 e. The quantitative estimate of drug-likeness (QED) is 0.432. The van der Waals surface area contributed by atoms with Crippen LogP contribution in [0.5, 0.6) is 0 Å². The molecule has 0 bridgehead atoms. The fourth-order valence-electron chi connectivity index (χ4n) is 2.84. The average molecular weight is 277 g/mol. The van der Waals surface area contributed by atoms with Crippen LogP contribution in [0.1, 0.15) is 19.3 Å². The van der Waals surface area contributed by atoms with Crippen molar-refractivity contribution in [2.75, 3.05) is 13.1 Å². The number of nitrogens with two attached hydrogens (primary N) is 1. The average Bonchev–Trinajstić information content (AvgIpc) is 2.26. The predicted octanol–water partition coefficient (Wildman–Crippen LogP) is -0.141. The largest absolute Gasteiger partial charge is 0.367 e. The van der Waals surface area contributed by atoms with Crippen molar-refractivity contribution < 1.29 is 10.0 Å². The van der Waals surface area contributed by atoms with Crippen LogP contribution in [0.2, 0.25) is 0 Å². The Morgan fingerprint density at radius 1 is 1.41 bits per heavy atom. The molecule has 98 valence electrons. The standard InChI is InChI=1S/C10H19N3O2S2/c11-8(14)9-12-4-10(5-13(9)15)6(16)2-1-3-7(10)17/h6-7,9,12,15-17H,1-5H2,(H2,11,14). The minimum atomic E-state index is -0.802. The van der Waals surface area contributed by atoms with Crippen molar-refractivity contribution in [2.45, 2.75) is 35.9 Å². The highest BCUT2D eigenvalue weighted by molar-refractivity contribution is 7.82. The maximum Gasteiger partial charge on any atom is 0.251 e. The lowest BCUT2D eigenvalue weighted by atomic mass is 9.71. The number of hydroxylamine groups is 2. The number of hydrogen-bond acceptors (Lipinski definition) is 6. The summed E-state index contributed by atoms with van der Waals surface area (Å²) >= 11 is 9.26. The van der Waals surface area contributed by atoms with Crippen molar-refractivity contribution in [3.05, 3.63) is 0 Å². The number of thiol groups is 2. The first-order valence-corrected chi connectivity index (χ1v) is 6.85. The van der Waals surface area contributed by atoms with Crippen LogP contribution in [0.15, 0.2) is 0 Å². The highest BCUT2D eigenvalue weighted by Crippen LogP contribution is 2.44. The predicted molar refractivity (Wildman–Crippen MR) is 71.3 cm³/mol. The van der Waals surface area contributed by atoms with E-state index in [1.54, 1.807) is 0 Å². The molecule has 3 unspecified atom stereocenters. The third-order valence-corrected chi connectivity index (χ3v) is 5.48. The molecule has 1 aliphatic heterocycles. The van der Waals surface area contributed by atoms with Gasteiger partial charge in [-0.3, -0.25) is 10.1 Å². The summed E-state index contributed by atoms with van der Waals surface area (Å²) in [4.78, 5) is 11.1. The number of rotatable bonds is 1. The van der Waals surface area contributed by atoms with Gasteiger partial charge in [0.25, 0.3) is 5.91 Å². The first kappa shape index (κ1) is 13.5. The van der Waals surface area contributed by atoms with Crippen LogP contribution >= 0.6 is 25.3 Å². The van der Waals surface area contributed by atoms with Crippen LogP contribution in [0.3, 0.4) is 0 Å². The number of primary amides is 1. The summed E-state index contributed by atoms with van der Waals surface area (Å²) in [6.45, 7) is 0.996. The first-order chi connectivity index (χ1) is 7.97. The molecule has 2 aliphatic rings. The van der Waals surface area contributed by atoms with Gasteiger partial charge in [-0.2, -0.15) is 30.3 Å². The number of carbonyl (C=O) groups excluding carboxylic acids is 1. The number of hydrogen-bond donors (Lipinski definition) is 5. The summed E-state index contributed by atoms with van der Waals surface area (Å²) in [5.41, 5.74) is 5.00. The maximum atomic E-state index is 11.1. The van der Waals surface area contributed by atoms with E-state index in [-0.39, 0.29) is 15.9 Å². The van der Waals surface area contributed by atoms with Gasteiger partial charge in [-0.1, -0.05) is 6.42 Å². The van der Waals surface area contributed by atoms with E-state index in [0.29, 0.717) is 13.1 Å². The van der Waals surface area contributed by atoms with Gasteiger partial charge in [-0.25, -0.2) is 0 Å². The molecule has 1 saturated heterocycles. The fourth-order valence-corrected chi connectivity index (χ4v) is 4.02. The van der Waals surface area contributed by atoms with Gasteiger partial charge in [0.15, 0.2) is 6.17 Å². The zero-order valence-corrected chi connectivity index (χ0v) is 11.3. The lowest BCUT2D eigenvalue weighted by Crippen LogP contribution is -2.68. The molecule has 1 spiro atoms. The highest BCUT2D eigenvalue weighted by atomic mass is 32.1. The van der Waals surface area contributed by atoms with E-state index in [2.05, 4.69) is 30.6 Å². The number of carbonyl (C=O) groups is 1.